The van der Waals surface area contributed by atoms with Crippen LogP contribution >= 0.6 is 0 Å². The van der Waals surface area contributed by atoms with Crippen LogP contribution in [0.5, 0.6) is 0 Å². The van der Waals surface area contributed by atoms with Crippen LogP contribution in [0.4, 0.5) is 30.7 Å². The molecule has 152 valence electrons. The van der Waals surface area contributed by atoms with Crippen LogP contribution in [-0.2, 0) is 8.85 Å². The lowest BCUT2D eigenvalue weighted by Crippen LogP contribution is -2.64. The van der Waals surface area contributed by atoms with E-state index in [-0.39, 0.29) is 38.9 Å². The molecule has 0 fully saturated rings. The van der Waals surface area contributed by atoms with Crippen LogP contribution in [0.25, 0.3) is 0 Å². The molecule has 0 amide bonds. The second-order valence-corrected chi connectivity index (χ2v) is 9.07. The molecule has 0 rings (SSSR count). The van der Waals surface area contributed by atoms with Gasteiger partial charge in [-0.05, 0) is 33.2 Å². The summed E-state index contributed by atoms with van der Waals surface area (Å²) in [4.78, 5) is 0. The number of hydrogen-bond acceptors (Lipinski definition) is 2. The lowest BCUT2D eigenvalue weighted by atomic mass is 10.1. The van der Waals surface area contributed by atoms with Crippen molar-refractivity contribution in [1.29, 1.82) is 0 Å². The van der Waals surface area contributed by atoms with Crippen molar-refractivity contribution in [2.75, 3.05) is 13.2 Å². The maximum Gasteiger partial charge on any atom is 0.418 e. The van der Waals surface area contributed by atoms with Crippen LogP contribution < -0.4 is 0 Å². The highest BCUT2D eigenvalue weighted by molar-refractivity contribution is 6.69. The van der Waals surface area contributed by atoms with E-state index in [2.05, 4.69) is 0 Å². The topological polar surface area (TPSA) is 18.5 Å². The molecule has 25 heavy (non-hydrogen) atoms. The lowest BCUT2D eigenvalue weighted by Gasteiger charge is -2.37. The highest BCUT2D eigenvalue weighted by atomic mass is 28.4. The minimum absolute atomic E-state index is 0.0876. The summed E-state index contributed by atoms with van der Waals surface area (Å²) >= 11 is 0. The molecule has 0 atom stereocenters. The van der Waals surface area contributed by atoms with E-state index in [4.69, 9.17) is 8.85 Å². The van der Waals surface area contributed by atoms with E-state index >= 15 is 0 Å². The molecular formula is C15H27F7O2Si. The molecule has 0 heterocycles. The van der Waals surface area contributed by atoms with Crippen LogP contribution in [0.15, 0.2) is 0 Å². The maximum atomic E-state index is 14.3. The third-order valence-corrected chi connectivity index (χ3v) is 7.01. The summed E-state index contributed by atoms with van der Waals surface area (Å²) in [7, 11) is -4.42. The summed E-state index contributed by atoms with van der Waals surface area (Å²) in [6, 6.07) is 0. The Labute approximate surface area is 145 Å². The largest absolute Gasteiger partial charge is 0.418 e. The first-order chi connectivity index (χ1) is 11.3. The molecule has 0 N–H and O–H groups in total. The molecular weight excluding hydrogens is 373 g/mol. The van der Waals surface area contributed by atoms with Crippen molar-refractivity contribution in [2.45, 2.75) is 83.0 Å². The van der Waals surface area contributed by atoms with Gasteiger partial charge in [0.2, 0.25) is 0 Å². The summed E-state index contributed by atoms with van der Waals surface area (Å²) in [5, 5.41) is 0. The number of alkyl halides is 7. The van der Waals surface area contributed by atoms with E-state index in [1.165, 1.54) is 13.8 Å². The van der Waals surface area contributed by atoms with Gasteiger partial charge in [-0.1, -0.05) is 19.3 Å². The fourth-order valence-electron chi connectivity index (χ4n) is 2.47. The minimum Gasteiger partial charge on any atom is -0.391 e. The average Bonchev–Trinajstić information content (AvgIpc) is 2.45. The van der Waals surface area contributed by atoms with Gasteiger partial charge in [0, 0.05) is 26.1 Å². The van der Waals surface area contributed by atoms with Gasteiger partial charge in [0.1, 0.15) is 0 Å². The number of unbranched alkanes of at least 4 members (excludes halogenated alkanes) is 4. The van der Waals surface area contributed by atoms with Crippen LogP contribution in [0.1, 0.15) is 58.8 Å². The second kappa shape index (κ2) is 10.1. The molecule has 0 aromatic rings. The highest BCUT2D eigenvalue weighted by Gasteiger charge is 2.71. The Morgan fingerprint density at radius 3 is 1.48 bits per heavy atom. The Morgan fingerprint density at radius 1 is 0.680 bits per heavy atom. The lowest BCUT2D eigenvalue weighted by molar-refractivity contribution is -0.187. The first kappa shape index (κ1) is 24.6. The molecule has 0 aliphatic heterocycles. The normalized spacial score (nSPS) is 14.2. The van der Waals surface area contributed by atoms with Crippen molar-refractivity contribution in [3.05, 3.63) is 0 Å². The molecule has 0 unspecified atom stereocenters. The molecule has 0 bridgehead atoms. The summed E-state index contributed by atoms with van der Waals surface area (Å²) in [6.07, 6.45) is -5.80. The summed E-state index contributed by atoms with van der Waals surface area (Å²) in [6.45, 7) is 3.46. The Balaban J connectivity index is 4.48. The van der Waals surface area contributed by atoms with E-state index in [0.29, 0.717) is 6.42 Å². The molecule has 0 saturated heterocycles. The van der Waals surface area contributed by atoms with E-state index in [0.717, 1.165) is 6.55 Å². The van der Waals surface area contributed by atoms with Crippen molar-refractivity contribution in [1.82, 2.24) is 0 Å². The average molecular weight is 400 g/mol. The molecule has 0 saturated carbocycles. The predicted octanol–water partition coefficient (Wildman–Crippen LogP) is 6.23. The zero-order chi connectivity index (χ0) is 19.8. The predicted molar refractivity (Wildman–Crippen MR) is 83.1 cm³/mol. The summed E-state index contributed by atoms with van der Waals surface area (Å²) in [5.41, 5.74) is -4.40. The van der Waals surface area contributed by atoms with Gasteiger partial charge in [-0.3, -0.25) is 0 Å². The maximum absolute atomic E-state index is 14.3. The van der Waals surface area contributed by atoms with Gasteiger partial charge in [0.05, 0.1) is 0 Å². The molecule has 0 aliphatic carbocycles. The van der Waals surface area contributed by atoms with Crippen molar-refractivity contribution in [2.24, 2.45) is 0 Å². The van der Waals surface area contributed by atoms with Gasteiger partial charge < -0.3 is 8.85 Å². The van der Waals surface area contributed by atoms with Gasteiger partial charge in [-0.25, -0.2) is 8.78 Å². The monoisotopic (exact) mass is 400 g/mol. The highest BCUT2D eigenvalue weighted by Crippen LogP contribution is 2.45. The number of hydrogen-bond donors (Lipinski definition) is 0. The molecule has 2 nitrogen and oxygen atoms in total. The zero-order valence-electron chi connectivity index (χ0n) is 14.8. The Kier molecular flexibility index (Phi) is 9.96. The Morgan fingerprint density at radius 2 is 1.08 bits per heavy atom. The van der Waals surface area contributed by atoms with E-state index in [9.17, 15) is 30.7 Å². The van der Waals surface area contributed by atoms with E-state index in [1.54, 1.807) is 0 Å². The van der Waals surface area contributed by atoms with Gasteiger partial charge in [0.15, 0.2) is 0 Å². The third kappa shape index (κ3) is 7.82. The van der Waals surface area contributed by atoms with E-state index < -0.39 is 39.0 Å². The molecule has 10 heteroatoms. The van der Waals surface area contributed by atoms with Crippen LogP contribution in [0, 0.1) is 0 Å². The fourth-order valence-corrected chi connectivity index (χ4v) is 4.80. The Hall–Kier alpha value is -0.353. The summed E-state index contributed by atoms with van der Waals surface area (Å²) in [5.74, 6) is -4.29. The first-order valence-corrected chi connectivity index (χ1v) is 10.7. The number of halogens is 7. The smallest absolute Gasteiger partial charge is 0.391 e. The van der Waals surface area contributed by atoms with Crippen LogP contribution in [-0.4, -0.2) is 39.4 Å². The standard InChI is InChI=1S/C15H27F7O2Si/c1-4-23-25(3,24-5-2)15(21,22)13(16,17)11-9-7-6-8-10-12-14(18,19)20/h4-12H2,1-3H3. The minimum atomic E-state index is -4.42. The third-order valence-electron chi connectivity index (χ3n) is 3.82. The fraction of sp³-hybridized carbons (Fsp3) is 1.00. The first-order valence-electron chi connectivity index (χ1n) is 8.43. The molecule has 0 aliphatic rings. The van der Waals surface area contributed by atoms with Crippen LogP contribution in [0.3, 0.4) is 0 Å². The molecule has 0 radical (unpaired) electrons. The molecule has 0 spiro atoms. The van der Waals surface area contributed by atoms with Crippen LogP contribution in [0.2, 0.25) is 6.55 Å². The zero-order valence-corrected chi connectivity index (χ0v) is 15.8. The number of rotatable bonds is 13. The van der Waals surface area contributed by atoms with Crippen molar-refractivity contribution in [3.8, 4) is 0 Å². The van der Waals surface area contributed by atoms with Gasteiger partial charge >= 0.3 is 26.2 Å². The Bertz CT molecular complexity index is 369. The molecule has 0 aromatic heterocycles. The van der Waals surface area contributed by atoms with Gasteiger partial charge in [0.25, 0.3) is 0 Å². The quantitative estimate of drug-likeness (QED) is 0.207. The van der Waals surface area contributed by atoms with Crippen molar-refractivity contribution < 1.29 is 39.6 Å². The van der Waals surface area contributed by atoms with Crippen molar-refractivity contribution in [3.63, 3.8) is 0 Å². The molecule has 0 aromatic carbocycles. The van der Waals surface area contributed by atoms with Gasteiger partial charge in [-0.15, -0.1) is 0 Å². The van der Waals surface area contributed by atoms with E-state index in [1.807, 2.05) is 0 Å². The summed E-state index contributed by atoms with van der Waals surface area (Å²) < 4.78 is 102. The van der Waals surface area contributed by atoms with Gasteiger partial charge in [-0.2, -0.15) is 22.0 Å². The SMILES string of the molecule is CCO[Si](C)(OCC)C(F)(F)C(F)(F)CCCCCCCC(F)(F)F. The second-order valence-electron chi connectivity index (χ2n) is 5.97. The van der Waals surface area contributed by atoms with Crippen molar-refractivity contribution >= 4 is 8.56 Å².